The number of amides is 2. The summed E-state index contributed by atoms with van der Waals surface area (Å²) in [6.45, 7) is 18.4. The van der Waals surface area contributed by atoms with Crippen LogP contribution in [0.25, 0.3) is 0 Å². The molecule has 0 aromatic heterocycles. The van der Waals surface area contributed by atoms with Gasteiger partial charge in [0.05, 0.1) is 11.4 Å². The fraction of sp³-hybridized carbons (Fsp3) is 0.462. The van der Waals surface area contributed by atoms with Crippen LogP contribution in [0.4, 0.5) is 21.0 Å². The van der Waals surface area contributed by atoms with E-state index in [0.717, 1.165) is 21.8 Å². The second-order valence-electron chi connectivity index (χ2n) is 10.2. The Balaban J connectivity index is 0.000000479. The Bertz CT molecular complexity index is 991. The Hall–Kier alpha value is -3.26. The summed E-state index contributed by atoms with van der Waals surface area (Å²) in [5.74, 6) is 5.25. The number of hydrogen-bond donors (Lipinski definition) is 3. The fourth-order valence-electron chi connectivity index (χ4n) is 2.94. The van der Waals surface area contributed by atoms with Crippen molar-refractivity contribution in [1.29, 1.82) is 0 Å². The maximum Gasteiger partial charge on any atom is 0.434 e. The smallest absolute Gasteiger partial charge is 0.434 e. The second-order valence-corrected chi connectivity index (χ2v) is 10.2. The van der Waals surface area contributed by atoms with Gasteiger partial charge in [-0.1, -0.05) is 35.4 Å². The van der Waals surface area contributed by atoms with E-state index in [1.807, 2.05) is 45.0 Å². The number of aryl methyl sites for hydroxylation is 4. The van der Waals surface area contributed by atoms with Gasteiger partial charge >= 0.3 is 12.2 Å². The van der Waals surface area contributed by atoms with Gasteiger partial charge in [-0.15, -0.1) is 0 Å². The molecule has 0 aliphatic rings. The molecule has 2 rings (SSSR count). The molecule has 0 atom stereocenters. The third-order valence-corrected chi connectivity index (χ3v) is 4.31. The van der Waals surface area contributed by atoms with Gasteiger partial charge in [0.2, 0.25) is 0 Å². The van der Waals surface area contributed by atoms with Crippen LogP contribution in [0, 0.1) is 27.7 Å². The summed E-state index contributed by atoms with van der Waals surface area (Å²) in [4.78, 5) is 24.6. The molecule has 8 heteroatoms. The zero-order valence-corrected chi connectivity index (χ0v) is 22.1. The van der Waals surface area contributed by atoms with Gasteiger partial charge in [0.25, 0.3) is 0 Å². The van der Waals surface area contributed by atoms with Crippen molar-refractivity contribution in [3.8, 4) is 0 Å². The zero-order valence-electron chi connectivity index (χ0n) is 22.1. The van der Waals surface area contributed by atoms with Crippen molar-refractivity contribution >= 4 is 23.6 Å². The normalized spacial score (nSPS) is 11.0. The summed E-state index contributed by atoms with van der Waals surface area (Å²) in [6.07, 6.45) is -1.41. The SMILES string of the molecule is Cc1ccc(N(NC(=O)OC(C)(C)C)C(=O)OC(C)(C)C)c(C)c1.Cc1ccc(NN)c(C)c1. The number of benzene rings is 2. The number of hydrogen-bond acceptors (Lipinski definition) is 6. The Morgan fingerprint density at radius 3 is 1.74 bits per heavy atom. The topological polar surface area (TPSA) is 106 Å². The summed E-state index contributed by atoms with van der Waals surface area (Å²) in [5, 5.41) is 1.08. The van der Waals surface area contributed by atoms with E-state index in [1.165, 1.54) is 11.1 Å². The number of carbonyl (C=O) groups is 2. The van der Waals surface area contributed by atoms with Crippen LogP contribution in [0.2, 0.25) is 0 Å². The molecule has 0 saturated carbocycles. The summed E-state index contributed by atoms with van der Waals surface area (Å²) in [6, 6.07) is 11.6. The Morgan fingerprint density at radius 1 is 0.794 bits per heavy atom. The van der Waals surface area contributed by atoms with Gasteiger partial charge in [-0.2, -0.15) is 5.01 Å². The van der Waals surface area contributed by atoms with E-state index in [1.54, 1.807) is 47.6 Å². The molecule has 0 bridgehead atoms. The third-order valence-electron chi connectivity index (χ3n) is 4.31. The van der Waals surface area contributed by atoms with Crippen LogP contribution in [-0.2, 0) is 9.47 Å². The van der Waals surface area contributed by atoms with Gasteiger partial charge in [0, 0.05) is 0 Å². The maximum absolute atomic E-state index is 12.5. The molecule has 8 nitrogen and oxygen atoms in total. The van der Waals surface area contributed by atoms with E-state index < -0.39 is 23.4 Å². The average Bonchev–Trinajstić information content (AvgIpc) is 2.64. The molecule has 34 heavy (non-hydrogen) atoms. The summed E-state index contributed by atoms with van der Waals surface area (Å²) in [7, 11) is 0. The van der Waals surface area contributed by atoms with Crippen molar-refractivity contribution in [2.24, 2.45) is 5.84 Å². The molecule has 0 unspecified atom stereocenters. The Kier molecular flexibility index (Phi) is 9.94. The van der Waals surface area contributed by atoms with Gasteiger partial charge in [-0.05, 0) is 92.5 Å². The van der Waals surface area contributed by atoms with Gasteiger partial charge in [0.15, 0.2) is 0 Å². The summed E-state index contributed by atoms with van der Waals surface area (Å²) in [5.41, 5.74) is 9.57. The molecule has 188 valence electrons. The number of carbonyl (C=O) groups excluding carboxylic acids is 2. The van der Waals surface area contributed by atoms with Gasteiger partial charge in [-0.3, -0.25) is 5.84 Å². The molecule has 0 heterocycles. The summed E-state index contributed by atoms with van der Waals surface area (Å²) >= 11 is 0. The molecule has 0 fully saturated rings. The highest BCUT2D eigenvalue weighted by Gasteiger charge is 2.28. The van der Waals surface area contributed by atoms with Crippen molar-refractivity contribution < 1.29 is 19.1 Å². The first kappa shape index (κ1) is 28.8. The number of nitrogen functional groups attached to an aromatic ring is 1. The van der Waals surface area contributed by atoms with Gasteiger partial charge < -0.3 is 14.9 Å². The molecule has 0 saturated heterocycles. The molecule has 2 aromatic carbocycles. The molecular formula is C26H40N4O4. The molecule has 0 spiro atoms. The quantitative estimate of drug-likeness (QED) is 0.362. The second kappa shape index (κ2) is 11.7. The van der Waals surface area contributed by atoms with Crippen molar-refractivity contribution in [2.75, 3.05) is 10.4 Å². The number of hydrazine groups is 2. The Labute approximate surface area is 203 Å². The molecule has 0 aliphatic heterocycles. The van der Waals surface area contributed by atoms with E-state index in [0.29, 0.717) is 5.69 Å². The number of anilines is 2. The predicted octanol–water partition coefficient (Wildman–Crippen LogP) is 6.07. The third kappa shape index (κ3) is 10.1. The maximum atomic E-state index is 12.5. The molecule has 0 radical (unpaired) electrons. The van der Waals surface area contributed by atoms with Gasteiger partial charge in [0.1, 0.15) is 11.2 Å². The largest absolute Gasteiger partial charge is 0.443 e. The van der Waals surface area contributed by atoms with Crippen LogP contribution in [0.3, 0.4) is 0 Å². The number of nitrogens with one attached hydrogen (secondary N) is 2. The molecule has 2 amide bonds. The van der Waals surface area contributed by atoms with Crippen LogP contribution in [0.15, 0.2) is 36.4 Å². The number of rotatable bonds is 2. The van der Waals surface area contributed by atoms with E-state index >= 15 is 0 Å². The number of ether oxygens (including phenoxy) is 2. The van der Waals surface area contributed by atoms with Crippen LogP contribution in [0.5, 0.6) is 0 Å². The lowest BCUT2D eigenvalue weighted by atomic mass is 10.1. The minimum Gasteiger partial charge on any atom is -0.443 e. The lowest BCUT2D eigenvalue weighted by Gasteiger charge is -2.29. The van der Waals surface area contributed by atoms with E-state index in [9.17, 15) is 9.59 Å². The van der Waals surface area contributed by atoms with Crippen molar-refractivity contribution in [3.05, 3.63) is 58.7 Å². The molecule has 0 aliphatic carbocycles. The standard InChI is InChI=1S/C18H28N2O4.C8H12N2/c1-12-9-10-14(13(2)11-12)20(16(22)24-18(6,7)8)19-15(21)23-17(3,4)5;1-6-3-4-8(10-9)7(2)5-6/h9-11H,1-8H3,(H,19,21);3-5,10H,9H2,1-2H3. The highest BCUT2D eigenvalue weighted by atomic mass is 16.6. The summed E-state index contributed by atoms with van der Waals surface area (Å²) < 4.78 is 10.6. The van der Waals surface area contributed by atoms with Crippen LogP contribution in [-0.4, -0.2) is 23.4 Å². The lowest BCUT2D eigenvalue weighted by molar-refractivity contribution is 0.0425. The minimum absolute atomic E-state index is 0.528. The fourth-order valence-corrected chi connectivity index (χ4v) is 2.94. The van der Waals surface area contributed by atoms with Crippen LogP contribution in [0.1, 0.15) is 63.8 Å². The van der Waals surface area contributed by atoms with Crippen LogP contribution < -0.4 is 21.7 Å². The van der Waals surface area contributed by atoms with E-state index in [2.05, 4.69) is 23.8 Å². The lowest BCUT2D eigenvalue weighted by Crippen LogP contribution is -2.50. The first-order valence-corrected chi connectivity index (χ1v) is 11.2. The Morgan fingerprint density at radius 2 is 1.29 bits per heavy atom. The van der Waals surface area contributed by atoms with Crippen molar-refractivity contribution in [3.63, 3.8) is 0 Å². The monoisotopic (exact) mass is 472 g/mol. The average molecular weight is 473 g/mol. The van der Waals surface area contributed by atoms with E-state index in [4.69, 9.17) is 15.3 Å². The van der Waals surface area contributed by atoms with Crippen LogP contribution >= 0.6 is 0 Å². The van der Waals surface area contributed by atoms with Crippen molar-refractivity contribution in [2.45, 2.75) is 80.4 Å². The predicted molar refractivity (Wildman–Crippen MR) is 138 cm³/mol. The van der Waals surface area contributed by atoms with Crippen molar-refractivity contribution in [1.82, 2.24) is 5.43 Å². The molecular weight excluding hydrogens is 432 g/mol. The zero-order chi connectivity index (χ0) is 26.3. The first-order valence-electron chi connectivity index (χ1n) is 11.2. The molecule has 4 N–H and O–H groups in total. The highest BCUT2D eigenvalue weighted by Crippen LogP contribution is 2.22. The highest BCUT2D eigenvalue weighted by molar-refractivity contribution is 5.91. The molecule has 2 aromatic rings. The minimum atomic E-state index is -0.728. The van der Waals surface area contributed by atoms with Gasteiger partial charge in [-0.25, -0.2) is 15.0 Å². The van der Waals surface area contributed by atoms with E-state index in [-0.39, 0.29) is 0 Å². The number of nitrogens with zero attached hydrogens (tertiary/aromatic N) is 1. The number of nitrogens with two attached hydrogens (primary N) is 1. The first-order chi connectivity index (χ1) is 15.5.